The Morgan fingerprint density at radius 3 is 2.89 bits per heavy atom. The maximum Gasteiger partial charge on any atom is 0.124 e. The van der Waals surface area contributed by atoms with Crippen molar-refractivity contribution in [2.24, 2.45) is 5.41 Å². The van der Waals surface area contributed by atoms with E-state index in [1.807, 2.05) is 0 Å². The second-order valence-electron chi connectivity index (χ2n) is 6.12. The number of ether oxygens (including phenoxy) is 1. The number of anilines is 1. The van der Waals surface area contributed by atoms with Crippen LogP contribution in [0.3, 0.4) is 0 Å². The first kappa shape index (κ1) is 11.9. The molecule has 18 heavy (non-hydrogen) atoms. The summed E-state index contributed by atoms with van der Waals surface area (Å²) in [6.45, 7) is 4.34. The predicted octanol–water partition coefficient (Wildman–Crippen LogP) is 4.00. The minimum Gasteiger partial charge on any atom is -0.493 e. The molecule has 2 heteroatoms. The Morgan fingerprint density at radius 2 is 2.06 bits per heavy atom. The number of nitrogens with one attached hydrogen (secondary N) is 1. The third kappa shape index (κ3) is 2.33. The maximum absolute atomic E-state index is 6.15. The van der Waals surface area contributed by atoms with Crippen LogP contribution in [0.4, 0.5) is 5.69 Å². The Bertz CT molecular complexity index is 421. The van der Waals surface area contributed by atoms with Crippen LogP contribution in [0.15, 0.2) is 18.2 Å². The largest absolute Gasteiger partial charge is 0.493 e. The molecule has 3 rings (SSSR count). The van der Waals surface area contributed by atoms with Crippen LogP contribution in [0, 0.1) is 5.41 Å². The van der Waals surface area contributed by atoms with Gasteiger partial charge in [-0.2, -0.15) is 0 Å². The second kappa shape index (κ2) is 4.83. The molecule has 0 aromatic heterocycles. The van der Waals surface area contributed by atoms with E-state index in [0.717, 1.165) is 25.3 Å². The van der Waals surface area contributed by atoms with Crippen molar-refractivity contribution in [3.63, 3.8) is 0 Å². The van der Waals surface area contributed by atoms with E-state index in [4.69, 9.17) is 4.74 Å². The highest BCUT2D eigenvalue weighted by Gasteiger charge is 2.29. The van der Waals surface area contributed by atoms with E-state index >= 15 is 0 Å². The summed E-state index contributed by atoms with van der Waals surface area (Å²) in [5.41, 5.74) is 3.06. The summed E-state index contributed by atoms with van der Waals surface area (Å²) in [5.74, 6) is 1.10. The van der Waals surface area contributed by atoms with E-state index in [1.54, 1.807) is 0 Å². The molecule has 1 saturated carbocycles. The summed E-state index contributed by atoms with van der Waals surface area (Å²) in [5, 5.41) is 3.46. The zero-order valence-corrected chi connectivity index (χ0v) is 11.3. The van der Waals surface area contributed by atoms with Gasteiger partial charge in [0.2, 0.25) is 0 Å². The summed E-state index contributed by atoms with van der Waals surface area (Å²) in [7, 11) is 0. The van der Waals surface area contributed by atoms with Gasteiger partial charge in [-0.15, -0.1) is 0 Å². The first-order valence-corrected chi connectivity index (χ1v) is 7.25. The number of rotatable bonds is 3. The van der Waals surface area contributed by atoms with Crippen LogP contribution in [0.1, 0.15) is 44.6 Å². The van der Waals surface area contributed by atoms with Gasteiger partial charge >= 0.3 is 0 Å². The van der Waals surface area contributed by atoms with E-state index in [-0.39, 0.29) is 0 Å². The Kier molecular flexibility index (Phi) is 3.19. The third-order valence-corrected chi connectivity index (χ3v) is 4.44. The molecule has 0 unspecified atom stereocenters. The van der Waals surface area contributed by atoms with Gasteiger partial charge in [0, 0.05) is 23.2 Å². The molecular weight excluding hydrogens is 222 g/mol. The van der Waals surface area contributed by atoms with E-state index in [1.165, 1.54) is 43.4 Å². The van der Waals surface area contributed by atoms with Gasteiger partial charge in [0.1, 0.15) is 5.75 Å². The molecular formula is C16H23NO. The Morgan fingerprint density at radius 1 is 1.22 bits per heavy atom. The highest BCUT2D eigenvalue weighted by atomic mass is 16.5. The van der Waals surface area contributed by atoms with E-state index in [9.17, 15) is 0 Å². The van der Waals surface area contributed by atoms with Crippen molar-refractivity contribution >= 4 is 5.69 Å². The summed E-state index contributed by atoms with van der Waals surface area (Å²) in [6.07, 6.45) is 7.74. The van der Waals surface area contributed by atoms with E-state index in [2.05, 4.69) is 30.4 Å². The number of hydrogen-bond acceptors (Lipinski definition) is 2. The molecule has 0 spiro atoms. The van der Waals surface area contributed by atoms with Gasteiger partial charge in [-0.3, -0.25) is 0 Å². The van der Waals surface area contributed by atoms with Crippen LogP contribution in [0.2, 0.25) is 0 Å². The van der Waals surface area contributed by atoms with Crippen molar-refractivity contribution < 1.29 is 4.74 Å². The predicted molar refractivity (Wildman–Crippen MR) is 75.3 cm³/mol. The van der Waals surface area contributed by atoms with E-state index < -0.39 is 0 Å². The van der Waals surface area contributed by atoms with Crippen LogP contribution < -0.4 is 10.1 Å². The highest BCUT2D eigenvalue weighted by Crippen LogP contribution is 2.39. The minimum atomic E-state index is 0.408. The average molecular weight is 245 g/mol. The summed E-state index contributed by atoms with van der Waals surface area (Å²) >= 11 is 0. The van der Waals surface area contributed by atoms with Crippen LogP contribution in [-0.2, 0) is 6.42 Å². The van der Waals surface area contributed by atoms with Gasteiger partial charge in [0.25, 0.3) is 0 Å². The van der Waals surface area contributed by atoms with Crippen LogP contribution in [0.5, 0.6) is 5.75 Å². The smallest absolute Gasteiger partial charge is 0.124 e. The first-order chi connectivity index (χ1) is 8.77. The van der Waals surface area contributed by atoms with Crippen LogP contribution >= 0.6 is 0 Å². The molecule has 98 valence electrons. The van der Waals surface area contributed by atoms with E-state index in [0.29, 0.717) is 5.41 Å². The monoisotopic (exact) mass is 245 g/mol. The SMILES string of the molecule is CC1(COc2cccc3c2CCCN3)CCCC1. The van der Waals surface area contributed by atoms with Gasteiger partial charge < -0.3 is 10.1 Å². The molecule has 0 atom stereocenters. The second-order valence-corrected chi connectivity index (χ2v) is 6.12. The van der Waals surface area contributed by atoms with Crippen molar-refractivity contribution in [3.8, 4) is 5.75 Å². The lowest BCUT2D eigenvalue weighted by molar-refractivity contribution is 0.167. The van der Waals surface area contributed by atoms with Crippen molar-refractivity contribution in [2.45, 2.75) is 45.4 Å². The summed E-state index contributed by atoms with van der Waals surface area (Å²) in [4.78, 5) is 0. The van der Waals surface area contributed by atoms with Crippen LogP contribution in [-0.4, -0.2) is 13.2 Å². The van der Waals surface area contributed by atoms with Gasteiger partial charge in [-0.05, 0) is 37.8 Å². The summed E-state index contributed by atoms with van der Waals surface area (Å²) in [6, 6.07) is 6.40. The lowest BCUT2D eigenvalue weighted by atomic mass is 9.90. The fourth-order valence-corrected chi connectivity index (χ4v) is 3.24. The lowest BCUT2D eigenvalue weighted by Gasteiger charge is -2.26. The van der Waals surface area contributed by atoms with Gasteiger partial charge in [-0.1, -0.05) is 25.8 Å². The Hall–Kier alpha value is -1.18. The molecule has 1 heterocycles. The topological polar surface area (TPSA) is 21.3 Å². The maximum atomic E-state index is 6.15. The molecule has 0 bridgehead atoms. The Balaban J connectivity index is 1.72. The normalized spacial score (nSPS) is 21.2. The Labute approximate surface area is 110 Å². The van der Waals surface area contributed by atoms with Gasteiger partial charge in [-0.25, -0.2) is 0 Å². The molecule has 0 amide bonds. The quantitative estimate of drug-likeness (QED) is 0.869. The average Bonchev–Trinajstić information content (AvgIpc) is 2.84. The fourth-order valence-electron chi connectivity index (χ4n) is 3.24. The molecule has 2 aliphatic rings. The number of hydrogen-bond donors (Lipinski definition) is 1. The molecule has 1 fully saturated rings. The standard InChI is InChI=1S/C16H23NO/c1-16(9-2-3-10-16)12-18-15-8-4-7-14-13(15)6-5-11-17-14/h4,7-8,17H,2-3,5-6,9-12H2,1H3. The van der Waals surface area contributed by atoms with Crippen molar-refractivity contribution in [3.05, 3.63) is 23.8 Å². The number of fused-ring (bicyclic) bond motifs is 1. The molecule has 1 aliphatic carbocycles. The molecule has 0 radical (unpaired) electrons. The fraction of sp³-hybridized carbons (Fsp3) is 0.625. The van der Waals surface area contributed by atoms with Crippen molar-refractivity contribution in [1.29, 1.82) is 0 Å². The first-order valence-electron chi connectivity index (χ1n) is 7.25. The molecule has 0 saturated heterocycles. The van der Waals surface area contributed by atoms with Crippen molar-refractivity contribution in [2.75, 3.05) is 18.5 Å². The molecule has 1 N–H and O–H groups in total. The van der Waals surface area contributed by atoms with Gasteiger partial charge in [0.05, 0.1) is 6.61 Å². The zero-order chi connectivity index (χ0) is 12.4. The van der Waals surface area contributed by atoms with Crippen LogP contribution in [0.25, 0.3) is 0 Å². The van der Waals surface area contributed by atoms with Gasteiger partial charge in [0.15, 0.2) is 0 Å². The molecule has 1 aromatic carbocycles. The van der Waals surface area contributed by atoms with Crippen molar-refractivity contribution in [1.82, 2.24) is 0 Å². The lowest BCUT2D eigenvalue weighted by Crippen LogP contribution is -2.22. The molecule has 1 aromatic rings. The third-order valence-electron chi connectivity index (χ3n) is 4.44. The zero-order valence-electron chi connectivity index (χ0n) is 11.3. The highest BCUT2D eigenvalue weighted by molar-refractivity contribution is 5.59. The summed E-state index contributed by atoms with van der Waals surface area (Å²) < 4.78 is 6.15. The number of benzene rings is 1. The molecule has 1 aliphatic heterocycles. The molecule has 2 nitrogen and oxygen atoms in total. The minimum absolute atomic E-state index is 0.408.